The predicted octanol–water partition coefficient (Wildman–Crippen LogP) is 6.70. The van der Waals surface area contributed by atoms with Crippen molar-refractivity contribution in [1.82, 2.24) is 19.5 Å². The third-order valence-electron chi connectivity index (χ3n) is 7.18. The molecule has 0 spiro atoms. The molecule has 0 radical (unpaired) electrons. The molecule has 0 aromatic carbocycles. The standard InChI is InChI=1S/C30H53N5O6P/c1-3-4-5-6-7-8-9-10-11-12-13-14-15-16-17-18-27(37)39-20-26(36)21-41-42(38)24-40-25(2)19-35-23-34-28-29(31)32-22-33-30(28)35/h22-23,25-26,36H,3-21,24H2,1-2H3,(H2,31,32,33)/q+1/t25-,26?/m1/s1. The lowest BCUT2D eigenvalue weighted by atomic mass is 10.0. The summed E-state index contributed by atoms with van der Waals surface area (Å²) in [7, 11) is -2.14. The summed E-state index contributed by atoms with van der Waals surface area (Å²) in [6.07, 6.45) is 20.9. The van der Waals surface area contributed by atoms with E-state index in [4.69, 9.17) is 19.7 Å². The predicted molar refractivity (Wildman–Crippen MR) is 165 cm³/mol. The lowest BCUT2D eigenvalue weighted by Gasteiger charge is -2.11. The normalized spacial score (nSPS) is 13.4. The molecular weight excluding hydrogens is 557 g/mol. The Morgan fingerprint density at radius 1 is 0.929 bits per heavy atom. The van der Waals surface area contributed by atoms with Crippen LogP contribution in [-0.4, -0.2) is 62.4 Å². The SMILES string of the molecule is CCCCCCCCCCCCCCCCCC(=O)OCC(O)CO[P+](=O)CO[C@H](C)Cn1cnc2c(N)ncnc21. The zero-order valence-corrected chi connectivity index (χ0v) is 26.6. The van der Waals surface area contributed by atoms with Crippen LogP contribution in [0.2, 0.25) is 0 Å². The molecule has 2 heterocycles. The molecule has 0 aliphatic rings. The number of rotatable bonds is 26. The van der Waals surface area contributed by atoms with Gasteiger partial charge < -0.3 is 24.9 Å². The highest BCUT2D eigenvalue weighted by Crippen LogP contribution is 2.24. The van der Waals surface area contributed by atoms with Gasteiger partial charge in [0.15, 0.2) is 11.5 Å². The number of fused-ring (bicyclic) bond motifs is 1. The number of nitrogens with zero attached hydrogens (tertiary/aromatic N) is 4. The smallest absolute Gasteiger partial charge is 0.463 e. The highest BCUT2D eigenvalue weighted by molar-refractivity contribution is 7.38. The largest absolute Gasteiger partial charge is 0.537 e. The fourth-order valence-electron chi connectivity index (χ4n) is 4.71. The minimum atomic E-state index is -2.14. The van der Waals surface area contributed by atoms with Gasteiger partial charge in [-0.1, -0.05) is 96.8 Å². The van der Waals surface area contributed by atoms with Crippen molar-refractivity contribution in [2.24, 2.45) is 0 Å². The molecule has 42 heavy (non-hydrogen) atoms. The summed E-state index contributed by atoms with van der Waals surface area (Å²) in [5, 5.41) is 10.0. The minimum Gasteiger partial charge on any atom is -0.463 e. The first-order chi connectivity index (χ1) is 20.4. The van der Waals surface area contributed by atoms with Crippen molar-refractivity contribution in [2.75, 3.05) is 25.3 Å². The lowest BCUT2D eigenvalue weighted by molar-refractivity contribution is -0.147. The minimum absolute atomic E-state index is 0.133. The van der Waals surface area contributed by atoms with Gasteiger partial charge in [0, 0.05) is 6.42 Å². The first-order valence-corrected chi connectivity index (χ1v) is 17.2. The Hall–Kier alpha value is -2.20. The van der Waals surface area contributed by atoms with Crippen molar-refractivity contribution < 1.29 is 28.5 Å². The number of esters is 1. The molecule has 2 aromatic heterocycles. The van der Waals surface area contributed by atoms with Crippen LogP contribution in [0.3, 0.4) is 0 Å². The number of aliphatic hydroxyl groups excluding tert-OH is 1. The number of nitrogens with two attached hydrogens (primary N) is 1. The van der Waals surface area contributed by atoms with Crippen LogP contribution in [0.5, 0.6) is 0 Å². The van der Waals surface area contributed by atoms with E-state index in [1.165, 1.54) is 83.4 Å². The van der Waals surface area contributed by atoms with Gasteiger partial charge in [-0.3, -0.25) is 4.79 Å². The van der Waals surface area contributed by atoms with Gasteiger partial charge in [0.2, 0.25) is 0 Å². The second-order valence-corrected chi connectivity index (χ2v) is 12.3. The average molecular weight is 611 g/mol. The fraction of sp³-hybridized carbons (Fsp3) is 0.800. The zero-order valence-electron chi connectivity index (χ0n) is 25.8. The van der Waals surface area contributed by atoms with E-state index in [0.717, 1.165) is 19.3 Å². The second kappa shape index (κ2) is 22.4. The highest BCUT2D eigenvalue weighted by Gasteiger charge is 2.23. The van der Waals surface area contributed by atoms with Crippen LogP contribution in [-0.2, 0) is 29.9 Å². The Balaban J connectivity index is 1.40. The Morgan fingerprint density at radius 3 is 2.14 bits per heavy atom. The van der Waals surface area contributed by atoms with Crippen LogP contribution in [0.1, 0.15) is 117 Å². The van der Waals surface area contributed by atoms with Crippen LogP contribution in [0, 0.1) is 0 Å². The number of ether oxygens (including phenoxy) is 2. The number of anilines is 1. The third kappa shape index (κ3) is 15.9. The van der Waals surface area contributed by atoms with Gasteiger partial charge in [0.05, 0.1) is 19.0 Å². The second-order valence-electron chi connectivity index (χ2n) is 11.1. The molecule has 0 bridgehead atoms. The molecule has 0 fully saturated rings. The average Bonchev–Trinajstić information content (AvgIpc) is 3.39. The Labute approximate surface area is 252 Å². The number of carbonyl (C=O) groups is 1. The number of carbonyl (C=O) groups excluding carboxylic acids is 1. The van der Waals surface area contributed by atoms with Gasteiger partial charge in [-0.15, -0.1) is 4.52 Å². The molecule has 0 aliphatic heterocycles. The van der Waals surface area contributed by atoms with Crippen LogP contribution < -0.4 is 5.73 Å². The van der Waals surface area contributed by atoms with E-state index in [1.807, 2.05) is 6.92 Å². The summed E-state index contributed by atoms with van der Waals surface area (Å²) in [5.41, 5.74) is 6.91. The maximum atomic E-state index is 12.1. The first kappa shape index (κ1) is 36.0. The number of hydrogen-bond acceptors (Lipinski definition) is 10. The first-order valence-electron chi connectivity index (χ1n) is 15.8. The molecule has 238 valence electrons. The molecule has 11 nitrogen and oxygen atoms in total. The molecule has 2 unspecified atom stereocenters. The summed E-state index contributed by atoms with van der Waals surface area (Å²) in [5.74, 6) is -0.0256. The molecule has 2 rings (SSSR count). The zero-order chi connectivity index (χ0) is 30.4. The number of imidazole rings is 1. The van der Waals surface area contributed by atoms with Gasteiger partial charge in [0.1, 0.15) is 31.2 Å². The van der Waals surface area contributed by atoms with Crippen LogP contribution in [0.25, 0.3) is 11.2 Å². The van der Waals surface area contributed by atoms with E-state index in [2.05, 4.69) is 21.9 Å². The van der Waals surface area contributed by atoms with E-state index in [9.17, 15) is 14.5 Å². The fourth-order valence-corrected chi connectivity index (χ4v) is 5.50. The van der Waals surface area contributed by atoms with Crippen LogP contribution >= 0.6 is 8.03 Å². The number of aliphatic hydroxyl groups is 1. The number of unbranched alkanes of at least 4 members (excludes halogenated alkanes) is 14. The van der Waals surface area contributed by atoms with Gasteiger partial charge in [0.25, 0.3) is 6.35 Å². The monoisotopic (exact) mass is 610 g/mol. The molecule has 12 heteroatoms. The van der Waals surface area contributed by atoms with Gasteiger partial charge >= 0.3 is 14.0 Å². The molecule has 0 saturated carbocycles. The van der Waals surface area contributed by atoms with E-state index in [-0.39, 0.29) is 31.6 Å². The Morgan fingerprint density at radius 2 is 1.52 bits per heavy atom. The quantitative estimate of drug-likeness (QED) is 0.0669. The number of nitrogen functional groups attached to an aromatic ring is 1. The molecule has 0 saturated heterocycles. The number of aromatic nitrogens is 4. The molecular formula is C30H53N5O6P+. The summed E-state index contributed by atoms with van der Waals surface area (Å²) in [6, 6.07) is 0. The van der Waals surface area contributed by atoms with Crippen molar-refractivity contribution in [3.8, 4) is 0 Å². The lowest BCUT2D eigenvalue weighted by Crippen LogP contribution is -2.23. The third-order valence-corrected chi connectivity index (χ3v) is 7.98. The van der Waals surface area contributed by atoms with Crippen molar-refractivity contribution in [1.29, 1.82) is 0 Å². The van der Waals surface area contributed by atoms with E-state index < -0.39 is 14.1 Å². The van der Waals surface area contributed by atoms with E-state index in [1.54, 1.807) is 10.9 Å². The van der Waals surface area contributed by atoms with Crippen LogP contribution in [0.4, 0.5) is 5.82 Å². The number of hydrogen-bond donors (Lipinski definition) is 2. The van der Waals surface area contributed by atoms with E-state index in [0.29, 0.717) is 29.9 Å². The van der Waals surface area contributed by atoms with Crippen LogP contribution in [0.15, 0.2) is 12.7 Å². The topological polar surface area (TPSA) is 152 Å². The van der Waals surface area contributed by atoms with Gasteiger partial charge in [-0.05, 0) is 17.9 Å². The molecule has 3 N–H and O–H groups in total. The van der Waals surface area contributed by atoms with Crippen molar-refractivity contribution in [3.63, 3.8) is 0 Å². The maximum Gasteiger partial charge on any atom is 0.537 e. The summed E-state index contributed by atoms with van der Waals surface area (Å²) in [6.45, 7) is 4.12. The molecule has 0 amide bonds. The van der Waals surface area contributed by atoms with Gasteiger partial charge in [-0.2, -0.15) is 0 Å². The highest BCUT2D eigenvalue weighted by atomic mass is 31.1. The Bertz CT molecular complexity index is 1020. The van der Waals surface area contributed by atoms with Crippen molar-refractivity contribution >= 4 is 31.0 Å². The van der Waals surface area contributed by atoms with Crippen molar-refractivity contribution in [3.05, 3.63) is 12.7 Å². The molecule has 3 atom stereocenters. The summed E-state index contributed by atoms with van der Waals surface area (Å²) in [4.78, 5) is 24.3. The summed E-state index contributed by atoms with van der Waals surface area (Å²) >= 11 is 0. The van der Waals surface area contributed by atoms with Gasteiger partial charge in [-0.25, -0.2) is 15.0 Å². The molecule has 2 aromatic rings. The maximum absolute atomic E-state index is 12.1. The summed E-state index contributed by atoms with van der Waals surface area (Å²) < 4.78 is 29.8. The Kier molecular flexibility index (Phi) is 19.2. The van der Waals surface area contributed by atoms with E-state index >= 15 is 0 Å². The molecule has 0 aliphatic carbocycles. The van der Waals surface area contributed by atoms with Crippen molar-refractivity contribution in [2.45, 2.75) is 135 Å².